The van der Waals surface area contributed by atoms with Crippen LogP contribution in [0.2, 0.25) is 0 Å². The van der Waals surface area contributed by atoms with Crippen LogP contribution in [0.3, 0.4) is 0 Å². The fourth-order valence-electron chi connectivity index (χ4n) is 1.26. The number of aryl methyl sites for hydroxylation is 2. The second-order valence-electron chi connectivity index (χ2n) is 3.29. The smallest absolute Gasteiger partial charge is 0.404 e. The minimum Gasteiger partial charge on any atom is -0.456 e. The van der Waals surface area contributed by atoms with Gasteiger partial charge in [0.25, 0.3) is 5.91 Å². The SMILES string of the molecule is Cc1cc(C)c(C(=O)NCCOC(N)=O)o1. The number of carbonyl (C=O) groups is 2. The van der Waals surface area contributed by atoms with Gasteiger partial charge in [0, 0.05) is 5.56 Å². The molecule has 1 aromatic heterocycles. The van der Waals surface area contributed by atoms with Gasteiger partial charge in [0.1, 0.15) is 12.4 Å². The average molecular weight is 226 g/mol. The van der Waals surface area contributed by atoms with E-state index in [2.05, 4.69) is 10.1 Å². The highest BCUT2D eigenvalue weighted by molar-refractivity contribution is 5.92. The van der Waals surface area contributed by atoms with Crippen LogP contribution < -0.4 is 11.1 Å². The number of ether oxygens (including phenoxy) is 1. The van der Waals surface area contributed by atoms with Gasteiger partial charge in [-0.1, -0.05) is 0 Å². The molecule has 6 heteroatoms. The summed E-state index contributed by atoms with van der Waals surface area (Å²) < 4.78 is 9.67. The molecule has 0 aliphatic heterocycles. The van der Waals surface area contributed by atoms with Crippen LogP contribution in [0.5, 0.6) is 0 Å². The molecule has 1 heterocycles. The molecule has 0 aliphatic rings. The highest BCUT2D eigenvalue weighted by Crippen LogP contribution is 2.12. The van der Waals surface area contributed by atoms with Crippen molar-refractivity contribution >= 4 is 12.0 Å². The van der Waals surface area contributed by atoms with Crippen molar-refractivity contribution in [3.8, 4) is 0 Å². The van der Waals surface area contributed by atoms with Gasteiger partial charge in [0.05, 0.1) is 6.54 Å². The molecule has 2 amide bonds. The summed E-state index contributed by atoms with van der Waals surface area (Å²) in [5.74, 6) is 0.617. The summed E-state index contributed by atoms with van der Waals surface area (Å²) in [4.78, 5) is 21.8. The Morgan fingerprint density at radius 2 is 2.19 bits per heavy atom. The van der Waals surface area contributed by atoms with Crippen molar-refractivity contribution in [2.75, 3.05) is 13.2 Å². The second-order valence-corrected chi connectivity index (χ2v) is 3.29. The highest BCUT2D eigenvalue weighted by atomic mass is 16.5. The minimum atomic E-state index is -0.862. The van der Waals surface area contributed by atoms with E-state index >= 15 is 0 Å². The summed E-state index contributed by atoms with van der Waals surface area (Å²) in [5.41, 5.74) is 5.52. The van der Waals surface area contributed by atoms with Crippen LogP contribution in [0.1, 0.15) is 21.9 Å². The van der Waals surface area contributed by atoms with Gasteiger partial charge in [-0.2, -0.15) is 0 Å². The Hall–Kier alpha value is -1.98. The van der Waals surface area contributed by atoms with Crippen LogP contribution in [0, 0.1) is 13.8 Å². The minimum absolute atomic E-state index is 0.0415. The van der Waals surface area contributed by atoms with Gasteiger partial charge in [-0.3, -0.25) is 4.79 Å². The van der Waals surface area contributed by atoms with Gasteiger partial charge in [0.2, 0.25) is 0 Å². The molecule has 88 valence electrons. The van der Waals surface area contributed by atoms with Crippen molar-refractivity contribution in [1.82, 2.24) is 5.32 Å². The van der Waals surface area contributed by atoms with E-state index in [1.165, 1.54) is 0 Å². The molecule has 16 heavy (non-hydrogen) atoms. The molecular weight excluding hydrogens is 212 g/mol. The summed E-state index contributed by atoms with van der Waals surface area (Å²) in [6, 6.07) is 1.77. The van der Waals surface area contributed by atoms with E-state index in [1.807, 2.05) is 0 Å². The standard InChI is InChI=1S/C10H14N2O4/c1-6-5-7(2)16-8(6)9(13)12-3-4-15-10(11)14/h5H,3-4H2,1-2H3,(H2,11,14)(H,12,13). The molecule has 0 saturated heterocycles. The monoisotopic (exact) mass is 226 g/mol. The van der Waals surface area contributed by atoms with Gasteiger partial charge in [0.15, 0.2) is 5.76 Å². The fourth-order valence-corrected chi connectivity index (χ4v) is 1.26. The molecule has 6 nitrogen and oxygen atoms in total. The summed E-state index contributed by atoms with van der Waals surface area (Å²) in [6.45, 7) is 3.78. The maximum atomic E-state index is 11.5. The van der Waals surface area contributed by atoms with E-state index in [0.717, 1.165) is 5.56 Å². The van der Waals surface area contributed by atoms with Gasteiger partial charge >= 0.3 is 6.09 Å². The maximum absolute atomic E-state index is 11.5. The molecule has 0 aromatic carbocycles. The van der Waals surface area contributed by atoms with Crippen LogP contribution >= 0.6 is 0 Å². The Kier molecular flexibility index (Phi) is 3.93. The van der Waals surface area contributed by atoms with Gasteiger partial charge in [-0.25, -0.2) is 4.79 Å². The van der Waals surface area contributed by atoms with Crippen LogP contribution in [0.15, 0.2) is 10.5 Å². The fraction of sp³-hybridized carbons (Fsp3) is 0.400. The number of amides is 2. The molecule has 0 bridgehead atoms. The number of nitrogens with one attached hydrogen (secondary N) is 1. The van der Waals surface area contributed by atoms with Crippen LogP contribution in [-0.2, 0) is 4.74 Å². The van der Waals surface area contributed by atoms with E-state index in [1.54, 1.807) is 19.9 Å². The van der Waals surface area contributed by atoms with Gasteiger partial charge in [-0.15, -0.1) is 0 Å². The largest absolute Gasteiger partial charge is 0.456 e. The summed E-state index contributed by atoms with van der Waals surface area (Å²) in [5, 5.41) is 2.54. The number of primary amides is 1. The molecule has 1 aromatic rings. The predicted octanol–water partition coefficient (Wildman–Crippen LogP) is 0.722. The number of hydrogen-bond acceptors (Lipinski definition) is 4. The zero-order chi connectivity index (χ0) is 12.1. The van der Waals surface area contributed by atoms with Crippen LogP contribution in [0.4, 0.5) is 4.79 Å². The van der Waals surface area contributed by atoms with E-state index in [0.29, 0.717) is 5.76 Å². The topological polar surface area (TPSA) is 94.6 Å². The third-order valence-corrected chi connectivity index (χ3v) is 1.88. The number of carbonyl (C=O) groups excluding carboxylic acids is 2. The van der Waals surface area contributed by atoms with Crippen molar-refractivity contribution < 1.29 is 18.7 Å². The Morgan fingerprint density at radius 3 is 2.69 bits per heavy atom. The van der Waals surface area contributed by atoms with Crippen molar-refractivity contribution in [2.24, 2.45) is 5.73 Å². The lowest BCUT2D eigenvalue weighted by atomic mass is 10.2. The molecular formula is C10H14N2O4. The Bertz CT molecular complexity index is 398. The molecule has 0 unspecified atom stereocenters. The molecule has 0 fully saturated rings. The first kappa shape index (κ1) is 12.1. The van der Waals surface area contributed by atoms with Crippen molar-refractivity contribution in [3.05, 3.63) is 23.2 Å². The average Bonchev–Trinajstić information content (AvgIpc) is 2.52. The molecule has 0 aliphatic carbocycles. The zero-order valence-corrected chi connectivity index (χ0v) is 9.20. The predicted molar refractivity (Wildman–Crippen MR) is 56.1 cm³/mol. The second kappa shape index (κ2) is 5.20. The third-order valence-electron chi connectivity index (χ3n) is 1.88. The molecule has 0 radical (unpaired) electrons. The molecule has 0 atom stereocenters. The van der Waals surface area contributed by atoms with Crippen molar-refractivity contribution in [1.29, 1.82) is 0 Å². The van der Waals surface area contributed by atoms with E-state index in [4.69, 9.17) is 10.2 Å². The van der Waals surface area contributed by atoms with Crippen molar-refractivity contribution in [3.63, 3.8) is 0 Å². The van der Waals surface area contributed by atoms with Gasteiger partial charge < -0.3 is 20.2 Å². The molecule has 1 rings (SSSR count). The lowest BCUT2D eigenvalue weighted by molar-refractivity contribution is 0.0907. The van der Waals surface area contributed by atoms with E-state index < -0.39 is 6.09 Å². The van der Waals surface area contributed by atoms with E-state index in [9.17, 15) is 9.59 Å². The first-order chi connectivity index (χ1) is 7.50. The Balaban J connectivity index is 2.41. The summed E-state index contributed by atoms with van der Waals surface area (Å²) in [6.07, 6.45) is -0.862. The highest BCUT2D eigenvalue weighted by Gasteiger charge is 2.13. The lowest BCUT2D eigenvalue weighted by Crippen LogP contribution is -2.29. The molecule has 3 N–H and O–H groups in total. The Labute approximate surface area is 92.7 Å². The molecule has 0 spiro atoms. The maximum Gasteiger partial charge on any atom is 0.404 e. The first-order valence-corrected chi connectivity index (χ1v) is 4.78. The third kappa shape index (κ3) is 3.30. The first-order valence-electron chi connectivity index (χ1n) is 4.78. The van der Waals surface area contributed by atoms with Crippen molar-refractivity contribution in [2.45, 2.75) is 13.8 Å². The summed E-state index contributed by atoms with van der Waals surface area (Å²) in [7, 11) is 0. The van der Waals surface area contributed by atoms with Crippen LogP contribution in [0.25, 0.3) is 0 Å². The number of nitrogens with two attached hydrogens (primary N) is 1. The van der Waals surface area contributed by atoms with Crippen LogP contribution in [-0.4, -0.2) is 25.2 Å². The normalized spacial score (nSPS) is 9.88. The zero-order valence-electron chi connectivity index (χ0n) is 9.20. The quantitative estimate of drug-likeness (QED) is 0.739. The number of rotatable bonds is 4. The Morgan fingerprint density at radius 1 is 1.50 bits per heavy atom. The molecule has 0 saturated carbocycles. The van der Waals surface area contributed by atoms with E-state index in [-0.39, 0.29) is 24.8 Å². The number of hydrogen-bond donors (Lipinski definition) is 2. The van der Waals surface area contributed by atoms with Gasteiger partial charge in [-0.05, 0) is 19.9 Å². The number of furan rings is 1. The summed E-state index contributed by atoms with van der Waals surface area (Å²) >= 11 is 0. The lowest BCUT2D eigenvalue weighted by Gasteiger charge is -2.03.